The summed E-state index contributed by atoms with van der Waals surface area (Å²) in [6, 6.07) is -2.92. The number of nitrogens with one attached hydrogen (secondary N) is 3. The van der Waals surface area contributed by atoms with Gasteiger partial charge in [-0.2, -0.15) is 11.8 Å². The number of hydrogen-bond acceptors (Lipinski definition) is 7. The smallest absolute Gasteiger partial charge is 0.322 e. The van der Waals surface area contributed by atoms with Crippen LogP contribution in [0.4, 0.5) is 0 Å². The molecule has 0 aliphatic rings. The van der Waals surface area contributed by atoms with E-state index < -0.39 is 54.3 Å². The van der Waals surface area contributed by atoms with Crippen molar-refractivity contribution in [2.45, 2.75) is 44.3 Å². The van der Waals surface area contributed by atoms with Crippen LogP contribution in [0.5, 0.6) is 0 Å². The Labute approximate surface area is 161 Å². The molecule has 0 aromatic heterocycles. The minimum absolute atomic E-state index is 0.111. The van der Waals surface area contributed by atoms with Crippen LogP contribution in [0, 0.1) is 0 Å². The minimum atomic E-state index is -1.26. The van der Waals surface area contributed by atoms with E-state index in [1.54, 1.807) is 0 Å². The first-order chi connectivity index (χ1) is 12.6. The molecule has 154 valence electrons. The number of nitrogens with two attached hydrogens (primary N) is 2. The van der Waals surface area contributed by atoms with Crippen molar-refractivity contribution in [2.24, 2.45) is 11.5 Å². The van der Waals surface area contributed by atoms with Gasteiger partial charge in [-0.3, -0.25) is 24.0 Å². The van der Waals surface area contributed by atoms with Crippen molar-refractivity contribution in [2.75, 3.05) is 18.6 Å². The molecule has 0 aliphatic heterocycles. The number of carboxylic acids is 1. The Morgan fingerprint density at radius 2 is 1.67 bits per heavy atom. The average molecular weight is 405 g/mol. The fourth-order valence-corrected chi connectivity index (χ4v) is 2.39. The molecule has 8 N–H and O–H groups in total. The molecule has 27 heavy (non-hydrogen) atoms. The van der Waals surface area contributed by atoms with Crippen molar-refractivity contribution in [3.63, 3.8) is 0 Å². The lowest BCUT2D eigenvalue weighted by molar-refractivity contribution is -0.138. The van der Waals surface area contributed by atoms with Crippen LogP contribution in [0.1, 0.15) is 26.2 Å². The molecule has 0 aliphatic carbocycles. The van der Waals surface area contributed by atoms with E-state index in [1.165, 1.54) is 18.7 Å². The Morgan fingerprint density at radius 3 is 2.19 bits per heavy atom. The van der Waals surface area contributed by atoms with Crippen LogP contribution in [0.2, 0.25) is 0 Å². The van der Waals surface area contributed by atoms with Gasteiger partial charge >= 0.3 is 5.97 Å². The maximum atomic E-state index is 12.2. The normalized spacial score (nSPS) is 13.7. The number of hydrogen-bond donors (Lipinski definition) is 6. The summed E-state index contributed by atoms with van der Waals surface area (Å²) in [6.07, 6.45) is 2.02. The highest BCUT2D eigenvalue weighted by molar-refractivity contribution is 7.98. The first kappa shape index (κ1) is 24.7. The number of rotatable bonds is 13. The number of amides is 4. The second-order valence-corrected chi connectivity index (χ2v) is 6.78. The molecule has 0 aromatic carbocycles. The summed E-state index contributed by atoms with van der Waals surface area (Å²) in [5, 5.41) is 15.5. The zero-order valence-electron chi connectivity index (χ0n) is 15.3. The summed E-state index contributed by atoms with van der Waals surface area (Å²) < 4.78 is 0. The molecule has 0 spiro atoms. The molecule has 12 heteroatoms. The van der Waals surface area contributed by atoms with E-state index in [0.29, 0.717) is 12.2 Å². The van der Waals surface area contributed by atoms with Crippen molar-refractivity contribution in [3.8, 4) is 0 Å². The molecule has 0 heterocycles. The fourth-order valence-electron chi connectivity index (χ4n) is 1.90. The van der Waals surface area contributed by atoms with Crippen molar-refractivity contribution in [3.05, 3.63) is 0 Å². The SMILES string of the molecule is CSCCC(N)C(=O)NC(C)C(=O)NC(CCC(N)=O)C(=O)NCC(=O)O. The first-order valence-corrected chi connectivity index (χ1v) is 9.60. The van der Waals surface area contributed by atoms with E-state index in [-0.39, 0.29) is 12.8 Å². The monoisotopic (exact) mass is 405 g/mol. The fraction of sp³-hybridized carbons (Fsp3) is 0.667. The van der Waals surface area contributed by atoms with Crippen LogP contribution in [-0.4, -0.2) is 71.4 Å². The quantitative estimate of drug-likeness (QED) is 0.194. The van der Waals surface area contributed by atoms with Gasteiger partial charge in [0.05, 0.1) is 6.04 Å². The molecular formula is C15H27N5O6S. The molecule has 0 fully saturated rings. The van der Waals surface area contributed by atoms with Gasteiger partial charge < -0.3 is 32.5 Å². The predicted molar refractivity (Wildman–Crippen MR) is 99.6 cm³/mol. The molecule has 0 bridgehead atoms. The number of carbonyl (C=O) groups excluding carboxylic acids is 4. The van der Waals surface area contributed by atoms with Gasteiger partial charge in [-0.15, -0.1) is 0 Å². The van der Waals surface area contributed by atoms with Crippen LogP contribution in [0.3, 0.4) is 0 Å². The van der Waals surface area contributed by atoms with E-state index in [4.69, 9.17) is 16.6 Å². The summed E-state index contributed by atoms with van der Waals surface area (Å²) in [5.74, 6) is -3.21. The van der Waals surface area contributed by atoms with E-state index in [9.17, 15) is 24.0 Å². The lowest BCUT2D eigenvalue weighted by Gasteiger charge is -2.21. The van der Waals surface area contributed by atoms with Crippen molar-refractivity contribution in [1.29, 1.82) is 0 Å². The number of thioether (sulfide) groups is 1. The van der Waals surface area contributed by atoms with Crippen LogP contribution in [-0.2, 0) is 24.0 Å². The van der Waals surface area contributed by atoms with Crippen LogP contribution in [0.25, 0.3) is 0 Å². The first-order valence-electron chi connectivity index (χ1n) is 8.21. The average Bonchev–Trinajstić information content (AvgIpc) is 2.60. The second kappa shape index (κ2) is 12.9. The highest BCUT2D eigenvalue weighted by Crippen LogP contribution is 2.01. The molecule has 0 saturated carbocycles. The van der Waals surface area contributed by atoms with Gasteiger partial charge in [0.1, 0.15) is 18.6 Å². The van der Waals surface area contributed by atoms with E-state index in [0.717, 1.165) is 0 Å². The van der Waals surface area contributed by atoms with Crippen LogP contribution >= 0.6 is 11.8 Å². The lowest BCUT2D eigenvalue weighted by Crippen LogP contribution is -2.55. The maximum absolute atomic E-state index is 12.2. The zero-order valence-corrected chi connectivity index (χ0v) is 16.1. The zero-order chi connectivity index (χ0) is 21.0. The molecule has 0 saturated heterocycles. The molecule has 4 amide bonds. The summed E-state index contributed by atoms with van der Waals surface area (Å²) in [7, 11) is 0. The third-order valence-corrected chi connectivity index (χ3v) is 4.09. The van der Waals surface area contributed by atoms with Crippen molar-refractivity contribution in [1.82, 2.24) is 16.0 Å². The molecule has 0 aromatic rings. The lowest BCUT2D eigenvalue weighted by atomic mass is 10.1. The molecular weight excluding hydrogens is 378 g/mol. The highest BCUT2D eigenvalue weighted by Gasteiger charge is 2.26. The standard InChI is InChI=1S/C15H27N5O6S/c1-8(19-14(25)9(16)5-6-27-2)13(24)20-10(3-4-11(17)21)15(26)18-7-12(22)23/h8-10H,3-7,16H2,1-2H3,(H2,17,21)(H,18,26)(H,19,25)(H,20,24)(H,22,23). The molecule has 3 unspecified atom stereocenters. The van der Waals surface area contributed by atoms with Gasteiger partial charge in [-0.05, 0) is 31.8 Å². The van der Waals surface area contributed by atoms with Gasteiger partial charge in [-0.25, -0.2) is 0 Å². The second-order valence-electron chi connectivity index (χ2n) is 5.80. The predicted octanol–water partition coefficient (Wildman–Crippen LogP) is -2.48. The minimum Gasteiger partial charge on any atom is -0.480 e. The Balaban J connectivity index is 4.79. The van der Waals surface area contributed by atoms with Gasteiger partial charge in [0.25, 0.3) is 0 Å². The maximum Gasteiger partial charge on any atom is 0.322 e. The van der Waals surface area contributed by atoms with Crippen molar-refractivity contribution < 1.29 is 29.1 Å². The van der Waals surface area contributed by atoms with Gasteiger partial charge in [0.15, 0.2) is 0 Å². The topological polar surface area (TPSA) is 194 Å². The van der Waals surface area contributed by atoms with Gasteiger partial charge in [-0.1, -0.05) is 0 Å². The summed E-state index contributed by atoms with van der Waals surface area (Å²) in [4.78, 5) is 57.7. The molecule has 3 atom stereocenters. The number of carbonyl (C=O) groups is 5. The van der Waals surface area contributed by atoms with Crippen LogP contribution in [0.15, 0.2) is 0 Å². The summed E-state index contributed by atoms with van der Waals surface area (Å²) in [6.45, 7) is 0.771. The Kier molecular flexibility index (Phi) is 11.8. The third kappa shape index (κ3) is 11.1. The third-order valence-electron chi connectivity index (χ3n) is 3.45. The molecule has 11 nitrogen and oxygen atoms in total. The molecule has 0 rings (SSSR count). The largest absolute Gasteiger partial charge is 0.480 e. The summed E-state index contributed by atoms with van der Waals surface area (Å²) >= 11 is 1.54. The molecule has 0 radical (unpaired) electrons. The highest BCUT2D eigenvalue weighted by atomic mass is 32.2. The Hall–Kier alpha value is -2.34. The van der Waals surface area contributed by atoms with Gasteiger partial charge in [0, 0.05) is 6.42 Å². The van der Waals surface area contributed by atoms with E-state index >= 15 is 0 Å². The van der Waals surface area contributed by atoms with E-state index in [1.807, 2.05) is 6.26 Å². The number of carboxylic acid groups (broad SMARTS) is 1. The van der Waals surface area contributed by atoms with Crippen molar-refractivity contribution >= 4 is 41.4 Å². The Bertz CT molecular complexity index is 559. The summed E-state index contributed by atoms with van der Waals surface area (Å²) in [5.41, 5.74) is 10.8. The number of aliphatic carboxylic acids is 1. The number of primary amides is 1. The van der Waals surface area contributed by atoms with Gasteiger partial charge in [0.2, 0.25) is 23.6 Å². The Morgan fingerprint density at radius 1 is 1.04 bits per heavy atom. The van der Waals surface area contributed by atoms with Crippen LogP contribution < -0.4 is 27.4 Å². The van der Waals surface area contributed by atoms with E-state index in [2.05, 4.69) is 16.0 Å².